The number of hydrogen-bond donors (Lipinski definition) is 1. The van der Waals surface area contributed by atoms with Gasteiger partial charge in [0.15, 0.2) is 0 Å². The van der Waals surface area contributed by atoms with E-state index in [1.54, 1.807) is 20.3 Å². The molecule has 0 amide bonds. The van der Waals surface area contributed by atoms with Crippen molar-refractivity contribution in [3.05, 3.63) is 41.3 Å². The van der Waals surface area contributed by atoms with Crippen LogP contribution in [-0.4, -0.2) is 21.3 Å². The monoisotopic (exact) mass is 291 g/mol. The second kappa shape index (κ2) is 7.04. The van der Waals surface area contributed by atoms with Gasteiger partial charge in [-0.1, -0.05) is 0 Å². The van der Waals surface area contributed by atoms with Crippen LogP contribution in [0.25, 0.3) is 0 Å². The fourth-order valence-corrected chi connectivity index (χ4v) is 2.04. The van der Waals surface area contributed by atoms with Gasteiger partial charge in [-0.2, -0.15) is 0 Å². The van der Waals surface area contributed by atoms with E-state index in [9.17, 15) is 0 Å². The Balaban J connectivity index is 2.07. The molecule has 1 aromatic heterocycles. The third-order valence-corrected chi connectivity index (χ3v) is 3.14. The van der Waals surface area contributed by atoms with Crippen molar-refractivity contribution in [1.82, 2.24) is 5.32 Å². The average Bonchev–Trinajstić information content (AvgIpc) is 2.85. The zero-order chi connectivity index (χ0) is 15.2. The van der Waals surface area contributed by atoms with Gasteiger partial charge in [0.1, 0.15) is 35.4 Å². The lowest BCUT2D eigenvalue weighted by atomic mass is 10.2. The van der Waals surface area contributed by atoms with Crippen LogP contribution in [0.3, 0.4) is 0 Å². The first-order valence-electron chi connectivity index (χ1n) is 6.75. The number of ether oxygens (including phenoxy) is 3. The summed E-state index contributed by atoms with van der Waals surface area (Å²) < 4.78 is 21.8. The smallest absolute Gasteiger partial charge is 0.146 e. The van der Waals surface area contributed by atoms with Crippen LogP contribution in [0.15, 0.2) is 28.7 Å². The molecule has 0 aliphatic carbocycles. The summed E-state index contributed by atoms with van der Waals surface area (Å²) in [5.41, 5.74) is 1.14. The topological polar surface area (TPSA) is 52.9 Å². The van der Waals surface area contributed by atoms with Gasteiger partial charge >= 0.3 is 0 Å². The molecule has 1 N–H and O–H groups in total. The Kier molecular flexibility index (Phi) is 5.11. The standard InChI is InChI=1S/C16H21NO4/c1-11-12(9-17-2)5-16(21-11)10-20-15-7-13(18-3)6-14(8-15)19-4/h5-8,17H,9-10H2,1-4H3. The van der Waals surface area contributed by atoms with E-state index in [1.807, 2.05) is 32.2 Å². The molecule has 1 heterocycles. The van der Waals surface area contributed by atoms with E-state index >= 15 is 0 Å². The number of hydrogen-bond acceptors (Lipinski definition) is 5. The highest BCUT2D eigenvalue weighted by molar-refractivity contribution is 5.42. The minimum atomic E-state index is 0.362. The second-order valence-corrected chi connectivity index (χ2v) is 4.66. The van der Waals surface area contributed by atoms with Crippen LogP contribution in [0.5, 0.6) is 17.2 Å². The molecule has 0 aliphatic heterocycles. The minimum absolute atomic E-state index is 0.362. The van der Waals surface area contributed by atoms with Crippen LogP contribution >= 0.6 is 0 Å². The molecule has 0 spiro atoms. The van der Waals surface area contributed by atoms with E-state index in [4.69, 9.17) is 18.6 Å². The zero-order valence-electron chi connectivity index (χ0n) is 12.9. The summed E-state index contributed by atoms with van der Waals surface area (Å²) in [5, 5.41) is 3.11. The molecule has 2 rings (SSSR count). The number of aryl methyl sites for hydroxylation is 1. The van der Waals surface area contributed by atoms with Crippen molar-refractivity contribution >= 4 is 0 Å². The highest BCUT2D eigenvalue weighted by Gasteiger charge is 2.08. The first kappa shape index (κ1) is 15.3. The van der Waals surface area contributed by atoms with Crippen LogP contribution < -0.4 is 19.5 Å². The first-order chi connectivity index (χ1) is 10.2. The van der Waals surface area contributed by atoms with Crippen molar-refractivity contribution < 1.29 is 18.6 Å². The minimum Gasteiger partial charge on any atom is -0.496 e. The molecule has 0 unspecified atom stereocenters. The van der Waals surface area contributed by atoms with Crippen LogP contribution in [-0.2, 0) is 13.2 Å². The lowest BCUT2D eigenvalue weighted by Gasteiger charge is -2.09. The molecule has 0 saturated heterocycles. The summed E-state index contributed by atoms with van der Waals surface area (Å²) in [6, 6.07) is 7.43. The summed E-state index contributed by atoms with van der Waals surface area (Å²) in [5.74, 6) is 3.76. The zero-order valence-corrected chi connectivity index (χ0v) is 12.9. The van der Waals surface area contributed by atoms with Gasteiger partial charge in [-0.15, -0.1) is 0 Å². The quantitative estimate of drug-likeness (QED) is 0.850. The molecule has 21 heavy (non-hydrogen) atoms. The molecule has 5 nitrogen and oxygen atoms in total. The Hall–Kier alpha value is -2.14. The molecule has 0 bridgehead atoms. The van der Waals surface area contributed by atoms with Crippen molar-refractivity contribution in [2.45, 2.75) is 20.1 Å². The predicted octanol–water partition coefficient (Wildman–Crippen LogP) is 2.90. The van der Waals surface area contributed by atoms with Gasteiger partial charge in [0.05, 0.1) is 14.2 Å². The molecule has 0 atom stereocenters. The molecule has 0 radical (unpaired) electrons. The van der Waals surface area contributed by atoms with E-state index in [2.05, 4.69) is 5.32 Å². The van der Waals surface area contributed by atoms with Gasteiger partial charge < -0.3 is 23.9 Å². The summed E-state index contributed by atoms with van der Waals surface area (Å²) in [6.07, 6.45) is 0. The number of methoxy groups -OCH3 is 2. The van der Waals surface area contributed by atoms with Crippen LogP contribution in [0.2, 0.25) is 0 Å². The fraction of sp³-hybridized carbons (Fsp3) is 0.375. The van der Waals surface area contributed by atoms with E-state index in [1.165, 1.54) is 0 Å². The highest BCUT2D eigenvalue weighted by Crippen LogP contribution is 2.28. The number of nitrogens with one attached hydrogen (secondary N) is 1. The van der Waals surface area contributed by atoms with E-state index < -0.39 is 0 Å². The summed E-state index contributed by atoms with van der Waals surface area (Å²) in [4.78, 5) is 0. The van der Waals surface area contributed by atoms with Crippen molar-refractivity contribution in [3.63, 3.8) is 0 Å². The van der Waals surface area contributed by atoms with Crippen LogP contribution in [0, 0.1) is 6.92 Å². The lowest BCUT2D eigenvalue weighted by molar-refractivity contribution is 0.264. The molecule has 114 valence electrons. The number of benzene rings is 1. The molecule has 0 aliphatic rings. The molecular weight excluding hydrogens is 270 g/mol. The Morgan fingerprint density at radius 2 is 1.62 bits per heavy atom. The summed E-state index contributed by atoms with van der Waals surface area (Å²) in [6.45, 7) is 3.09. The van der Waals surface area contributed by atoms with E-state index in [0.717, 1.165) is 23.6 Å². The third kappa shape index (κ3) is 3.92. The molecule has 2 aromatic rings. The van der Waals surface area contributed by atoms with Crippen LogP contribution in [0.1, 0.15) is 17.1 Å². The first-order valence-corrected chi connectivity index (χ1v) is 6.75. The SMILES string of the molecule is CNCc1cc(COc2cc(OC)cc(OC)c2)oc1C. The molecule has 0 fully saturated rings. The molecular formula is C16H21NO4. The van der Waals surface area contributed by atoms with Gasteiger partial charge in [0, 0.05) is 30.3 Å². The van der Waals surface area contributed by atoms with Crippen molar-refractivity contribution in [1.29, 1.82) is 0 Å². The normalized spacial score (nSPS) is 10.5. The molecule has 0 saturated carbocycles. The lowest BCUT2D eigenvalue weighted by Crippen LogP contribution is -2.04. The van der Waals surface area contributed by atoms with Crippen molar-refractivity contribution in [3.8, 4) is 17.2 Å². The van der Waals surface area contributed by atoms with Gasteiger partial charge in [-0.25, -0.2) is 0 Å². The fourth-order valence-electron chi connectivity index (χ4n) is 2.04. The molecule has 5 heteroatoms. The average molecular weight is 291 g/mol. The van der Waals surface area contributed by atoms with Gasteiger partial charge in [-0.05, 0) is 20.0 Å². The Morgan fingerprint density at radius 3 is 2.19 bits per heavy atom. The Labute approximate surface area is 124 Å². The maximum absolute atomic E-state index is 5.75. The largest absolute Gasteiger partial charge is 0.496 e. The Bertz CT molecular complexity index is 570. The second-order valence-electron chi connectivity index (χ2n) is 4.66. The van der Waals surface area contributed by atoms with E-state index in [-0.39, 0.29) is 0 Å². The summed E-state index contributed by atoms with van der Waals surface area (Å²) >= 11 is 0. The maximum atomic E-state index is 5.75. The van der Waals surface area contributed by atoms with Gasteiger partial charge in [0.2, 0.25) is 0 Å². The Morgan fingerprint density at radius 1 is 1.00 bits per heavy atom. The summed E-state index contributed by atoms with van der Waals surface area (Å²) in [7, 11) is 5.13. The predicted molar refractivity (Wildman–Crippen MR) is 80.1 cm³/mol. The number of rotatable bonds is 7. The third-order valence-electron chi connectivity index (χ3n) is 3.14. The number of furan rings is 1. The maximum Gasteiger partial charge on any atom is 0.146 e. The van der Waals surface area contributed by atoms with E-state index in [0.29, 0.717) is 23.9 Å². The molecule has 1 aromatic carbocycles. The van der Waals surface area contributed by atoms with Gasteiger partial charge in [-0.3, -0.25) is 0 Å². The van der Waals surface area contributed by atoms with Crippen molar-refractivity contribution in [2.75, 3.05) is 21.3 Å². The van der Waals surface area contributed by atoms with Crippen LogP contribution in [0.4, 0.5) is 0 Å². The van der Waals surface area contributed by atoms with Gasteiger partial charge in [0.25, 0.3) is 0 Å². The highest BCUT2D eigenvalue weighted by atomic mass is 16.5. The van der Waals surface area contributed by atoms with Crippen molar-refractivity contribution in [2.24, 2.45) is 0 Å².